The third-order valence-electron chi connectivity index (χ3n) is 2.84. The minimum atomic E-state index is -0.226. The van der Waals surface area contributed by atoms with Crippen LogP contribution in [-0.4, -0.2) is 0 Å². The number of halogens is 2. The topological polar surface area (TPSA) is 26.0 Å². The third-order valence-corrected chi connectivity index (χ3v) is 4.43. The van der Waals surface area contributed by atoms with Crippen LogP contribution in [0.3, 0.4) is 0 Å². The van der Waals surface area contributed by atoms with Gasteiger partial charge in [-0.3, -0.25) is 0 Å². The first-order chi connectivity index (χ1) is 8.99. The fourth-order valence-electron chi connectivity index (χ4n) is 1.76. The van der Waals surface area contributed by atoms with Crippen molar-refractivity contribution in [3.05, 3.63) is 58.4 Å². The Morgan fingerprint density at radius 1 is 1.21 bits per heavy atom. The molecule has 0 aliphatic carbocycles. The lowest BCUT2D eigenvalue weighted by Gasteiger charge is -2.14. The molecule has 19 heavy (non-hydrogen) atoms. The van der Waals surface area contributed by atoms with Gasteiger partial charge >= 0.3 is 0 Å². The highest BCUT2D eigenvalue weighted by molar-refractivity contribution is 7.99. The van der Waals surface area contributed by atoms with Crippen molar-refractivity contribution in [1.29, 1.82) is 0 Å². The second-order valence-corrected chi connectivity index (χ2v) is 5.95. The summed E-state index contributed by atoms with van der Waals surface area (Å²) < 4.78 is 13.6. The summed E-state index contributed by atoms with van der Waals surface area (Å²) >= 11 is 7.66. The highest BCUT2D eigenvalue weighted by Crippen LogP contribution is 2.37. The first-order valence-corrected chi connectivity index (χ1v) is 7.16. The molecule has 0 aliphatic heterocycles. The van der Waals surface area contributed by atoms with Crippen LogP contribution in [0.15, 0.2) is 46.2 Å². The molecule has 100 valence electrons. The van der Waals surface area contributed by atoms with Crippen molar-refractivity contribution in [2.75, 3.05) is 0 Å². The zero-order valence-corrected chi connectivity index (χ0v) is 12.4. The summed E-state index contributed by atoms with van der Waals surface area (Å²) in [5.74, 6) is -0.226. The molecule has 0 saturated carbocycles. The third kappa shape index (κ3) is 3.30. The molecule has 0 heterocycles. The van der Waals surface area contributed by atoms with Gasteiger partial charge in [-0.2, -0.15) is 0 Å². The van der Waals surface area contributed by atoms with E-state index < -0.39 is 0 Å². The fraction of sp³-hybridized carbons (Fsp3) is 0.200. The molecule has 0 unspecified atom stereocenters. The Hall–Kier alpha value is -1.03. The van der Waals surface area contributed by atoms with Gasteiger partial charge in [0.1, 0.15) is 5.82 Å². The van der Waals surface area contributed by atoms with E-state index in [1.807, 2.05) is 37.3 Å². The Balaban J connectivity index is 2.45. The molecular weight excluding hydrogens is 281 g/mol. The van der Waals surface area contributed by atoms with Gasteiger partial charge in [0.15, 0.2) is 0 Å². The molecule has 0 aliphatic rings. The SMILES string of the molecule is Cc1cc(Sc2ccccc2Cl)c([C@@H](C)N)cc1F. The van der Waals surface area contributed by atoms with E-state index in [1.54, 1.807) is 6.92 Å². The van der Waals surface area contributed by atoms with Gasteiger partial charge < -0.3 is 5.73 Å². The van der Waals surface area contributed by atoms with E-state index in [-0.39, 0.29) is 11.9 Å². The number of aryl methyl sites for hydroxylation is 1. The predicted molar refractivity (Wildman–Crippen MR) is 79.3 cm³/mol. The number of benzene rings is 2. The maximum atomic E-state index is 13.6. The Kier molecular flexibility index (Phi) is 4.50. The normalized spacial score (nSPS) is 12.5. The van der Waals surface area contributed by atoms with Gasteiger partial charge in [0.2, 0.25) is 0 Å². The average Bonchev–Trinajstić information content (AvgIpc) is 2.36. The largest absolute Gasteiger partial charge is 0.324 e. The van der Waals surface area contributed by atoms with Crippen LogP contribution in [-0.2, 0) is 0 Å². The molecular formula is C15H15ClFNS. The van der Waals surface area contributed by atoms with Gasteiger partial charge in [0.25, 0.3) is 0 Å². The highest BCUT2D eigenvalue weighted by Gasteiger charge is 2.13. The number of hydrogen-bond acceptors (Lipinski definition) is 2. The molecule has 2 aromatic carbocycles. The summed E-state index contributed by atoms with van der Waals surface area (Å²) in [6.07, 6.45) is 0. The monoisotopic (exact) mass is 295 g/mol. The first-order valence-electron chi connectivity index (χ1n) is 5.97. The van der Waals surface area contributed by atoms with Crippen LogP contribution < -0.4 is 5.73 Å². The molecule has 2 N–H and O–H groups in total. The minimum Gasteiger partial charge on any atom is -0.324 e. The Morgan fingerprint density at radius 2 is 1.89 bits per heavy atom. The second-order valence-electron chi connectivity index (χ2n) is 4.46. The molecule has 0 amide bonds. The molecule has 2 aromatic rings. The van der Waals surface area contributed by atoms with E-state index in [0.717, 1.165) is 15.4 Å². The van der Waals surface area contributed by atoms with Gasteiger partial charge in [0.05, 0.1) is 5.02 Å². The molecule has 0 bridgehead atoms. The van der Waals surface area contributed by atoms with Gasteiger partial charge in [0, 0.05) is 15.8 Å². The summed E-state index contributed by atoms with van der Waals surface area (Å²) in [4.78, 5) is 1.89. The molecule has 0 aromatic heterocycles. The molecule has 4 heteroatoms. The zero-order valence-electron chi connectivity index (χ0n) is 10.8. The molecule has 0 saturated heterocycles. The lowest BCUT2D eigenvalue weighted by Crippen LogP contribution is -2.07. The molecule has 0 radical (unpaired) electrons. The minimum absolute atomic E-state index is 0.222. The first kappa shape index (κ1) is 14.4. The average molecular weight is 296 g/mol. The van der Waals surface area contributed by atoms with Crippen LogP contribution in [0.25, 0.3) is 0 Å². The van der Waals surface area contributed by atoms with Crippen LogP contribution in [0.5, 0.6) is 0 Å². The van der Waals surface area contributed by atoms with Crippen molar-refractivity contribution < 1.29 is 4.39 Å². The zero-order chi connectivity index (χ0) is 14.0. The van der Waals surface area contributed by atoms with E-state index in [4.69, 9.17) is 17.3 Å². The summed E-state index contributed by atoms with van der Waals surface area (Å²) in [5, 5.41) is 0.685. The van der Waals surface area contributed by atoms with Crippen LogP contribution in [0.1, 0.15) is 24.1 Å². The van der Waals surface area contributed by atoms with Gasteiger partial charge in [-0.1, -0.05) is 35.5 Å². The van der Waals surface area contributed by atoms with Crippen LogP contribution in [0, 0.1) is 12.7 Å². The van der Waals surface area contributed by atoms with E-state index in [1.165, 1.54) is 17.8 Å². The Morgan fingerprint density at radius 3 is 2.53 bits per heavy atom. The number of rotatable bonds is 3. The van der Waals surface area contributed by atoms with Crippen molar-refractivity contribution >= 4 is 23.4 Å². The standard InChI is InChI=1S/C15H15ClFNS/c1-9-7-15(11(10(2)18)8-13(9)17)19-14-6-4-3-5-12(14)16/h3-8,10H,18H2,1-2H3/t10-/m1/s1. The quantitative estimate of drug-likeness (QED) is 0.866. The lowest BCUT2D eigenvalue weighted by molar-refractivity contribution is 0.610. The van der Waals surface area contributed by atoms with E-state index in [9.17, 15) is 4.39 Å². The lowest BCUT2D eigenvalue weighted by atomic mass is 10.1. The van der Waals surface area contributed by atoms with E-state index in [2.05, 4.69) is 0 Å². The van der Waals surface area contributed by atoms with Crippen molar-refractivity contribution in [3.8, 4) is 0 Å². The van der Waals surface area contributed by atoms with E-state index in [0.29, 0.717) is 10.6 Å². The summed E-state index contributed by atoms with van der Waals surface area (Å²) in [6, 6.07) is 10.7. The second kappa shape index (κ2) is 5.95. The molecule has 0 spiro atoms. The van der Waals surface area contributed by atoms with Crippen molar-refractivity contribution in [2.24, 2.45) is 5.73 Å². The van der Waals surface area contributed by atoms with Crippen molar-refractivity contribution in [3.63, 3.8) is 0 Å². The highest BCUT2D eigenvalue weighted by atomic mass is 35.5. The van der Waals surface area contributed by atoms with Crippen LogP contribution >= 0.6 is 23.4 Å². The smallest absolute Gasteiger partial charge is 0.126 e. The van der Waals surface area contributed by atoms with Gasteiger partial charge in [-0.25, -0.2) is 4.39 Å². The molecule has 1 atom stereocenters. The molecule has 1 nitrogen and oxygen atoms in total. The summed E-state index contributed by atoms with van der Waals surface area (Å²) in [7, 11) is 0. The van der Waals surface area contributed by atoms with E-state index >= 15 is 0 Å². The Bertz CT molecular complexity index is 599. The molecule has 2 rings (SSSR count). The summed E-state index contributed by atoms with van der Waals surface area (Å²) in [6.45, 7) is 3.59. The molecule has 0 fully saturated rings. The van der Waals surface area contributed by atoms with Crippen molar-refractivity contribution in [1.82, 2.24) is 0 Å². The summed E-state index contributed by atoms with van der Waals surface area (Å²) in [5.41, 5.74) is 7.32. The maximum Gasteiger partial charge on any atom is 0.126 e. The predicted octanol–water partition coefficient (Wildman–Crippen LogP) is 4.96. The Labute approximate surface area is 122 Å². The van der Waals surface area contributed by atoms with Crippen LogP contribution in [0.4, 0.5) is 4.39 Å². The van der Waals surface area contributed by atoms with Gasteiger partial charge in [-0.05, 0) is 49.2 Å². The number of nitrogens with two attached hydrogens (primary N) is 1. The van der Waals surface area contributed by atoms with Gasteiger partial charge in [-0.15, -0.1) is 0 Å². The number of hydrogen-bond donors (Lipinski definition) is 1. The van der Waals surface area contributed by atoms with Crippen molar-refractivity contribution in [2.45, 2.75) is 29.7 Å². The van der Waals surface area contributed by atoms with Crippen LogP contribution in [0.2, 0.25) is 5.02 Å². The fourth-order valence-corrected chi connectivity index (χ4v) is 3.16. The maximum absolute atomic E-state index is 13.6.